The molecule has 0 saturated heterocycles. The van der Waals surface area contributed by atoms with E-state index < -0.39 is 0 Å². The van der Waals surface area contributed by atoms with Crippen molar-refractivity contribution in [2.75, 3.05) is 33.3 Å². The Hall–Kier alpha value is -1.13. The van der Waals surface area contributed by atoms with Crippen LogP contribution in [0, 0.1) is 5.82 Å². The fraction of sp³-hybridized carbons (Fsp3) is 0.625. The zero-order chi connectivity index (χ0) is 15.0. The van der Waals surface area contributed by atoms with Crippen molar-refractivity contribution in [3.05, 3.63) is 29.6 Å². The van der Waals surface area contributed by atoms with Crippen LogP contribution in [0.5, 0.6) is 5.75 Å². The number of benzene rings is 1. The normalized spacial score (nSPS) is 12.7. The summed E-state index contributed by atoms with van der Waals surface area (Å²) < 4.78 is 18.6. The number of rotatable bonds is 9. The first-order valence-electron chi connectivity index (χ1n) is 7.41. The summed E-state index contributed by atoms with van der Waals surface area (Å²) in [5, 5.41) is 3.43. The van der Waals surface area contributed by atoms with Gasteiger partial charge in [0.2, 0.25) is 0 Å². The molecule has 0 bridgehead atoms. The van der Waals surface area contributed by atoms with Crippen LogP contribution in [0.4, 0.5) is 4.39 Å². The van der Waals surface area contributed by atoms with Crippen molar-refractivity contribution >= 4 is 0 Å². The molecule has 0 spiro atoms. The minimum atomic E-state index is -0.304. The van der Waals surface area contributed by atoms with Gasteiger partial charge in [0, 0.05) is 6.04 Å². The van der Waals surface area contributed by atoms with Crippen LogP contribution in [0.15, 0.2) is 18.2 Å². The lowest BCUT2D eigenvalue weighted by molar-refractivity contribution is 0.296. The Kier molecular flexibility index (Phi) is 7.55. The lowest BCUT2D eigenvalue weighted by atomic mass is 10.1. The van der Waals surface area contributed by atoms with Crippen molar-refractivity contribution in [2.24, 2.45) is 0 Å². The first kappa shape index (κ1) is 16.9. The highest BCUT2D eigenvalue weighted by Crippen LogP contribution is 2.21. The molecule has 1 aromatic carbocycles. The smallest absolute Gasteiger partial charge is 0.165 e. The van der Waals surface area contributed by atoms with Crippen molar-refractivity contribution in [2.45, 2.75) is 33.2 Å². The molecule has 0 aliphatic heterocycles. The molecule has 0 aromatic heterocycles. The van der Waals surface area contributed by atoms with Crippen LogP contribution >= 0.6 is 0 Å². The van der Waals surface area contributed by atoms with E-state index in [9.17, 15) is 4.39 Å². The van der Waals surface area contributed by atoms with E-state index in [1.165, 1.54) is 7.11 Å². The zero-order valence-electron chi connectivity index (χ0n) is 13.1. The average Bonchev–Trinajstić information content (AvgIpc) is 2.47. The molecule has 1 aromatic rings. The molecule has 0 amide bonds. The highest BCUT2D eigenvalue weighted by Gasteiger charge is 2.09. The molecule has 0 saturated carbocycles. The Morgan fingerprint density at radius 1 is 1.30 bits per heavy atom. The number of nitrogens with one attached hydrogen (secondary N) is 1. The molecule has 1 atom stereocenters. The van der Waals surface area contributed by atoms with Gasteiger partial charge in [-0.3, -0.25) is 0 Å². The van der Waals surface area contributed by atoms with Crippen molar-refractivity contribution in [3.63, 3.8) is 0 Å². The van der Waals surface area contributed by atoms with E-state index in [4.69, 9.17) is 4.74 Å². The van der Waals surface area contributed by atoms with Gasteiger partial charge in [-0.25, -0.2) is 4.39 Å². The minimum Gasteiger partial charge on any atom is -0.494 e. The molecule has 1 N–H and O–H groups in total. The monoisotopic (exact) mass is 282 g/mol. The second-order valence-corrected chi connectivity index (χ2v) is 4.95. The van der Waals surface area contributed by atoms with E-state index in [1.807, 2.05) is 6.07 Å². The van der Waals surface area contributed by atoms with Crippen molar-refractivity contribution < 1.29 is 9.13 Å². The van der Waals surface area contributed by atoms with Crippen molar-refractivity contribution in [1.29, 1.82) is 0 Å². The minimum absolute atomic E-state index is 0.145. The van der Waals surface area contributed by atoms with Crippen LogP contribution in [-0.4, -0.2) is 38.2 Å². The fourth-order valence-electron chi connectivity index (χ4n) is 2.23. The first-order valence-corrected chi connectivity index (χ1v) is 7.41. The Balaban J connectivity index is 2.39. The SMILES string of the molecule is CCN(CC)CCCNC(C)c1ccc(OC)c(F)c1. The van der Waals surface area contributed by atoms with Gasteiger partial charge in [0.25, 0.3) is 0 Å². The molecule has 1 rings (SSSR count). The highest BCUT2D eigenvalue weighted by atomic mass is 19.1. The Morgan fingerprint density at radius 2 is 2.00 bits per heavy atom. The van der Waals surface area contributed by atoms with E-state index in [0.717, 1.165) is 38.2 Å². The van der Waals surface area contributed by atoms with Gasteiger partial charge in [-0.15, -0.1) is 0 Å². The molecule has 1 unspecified atom stereocenters. The number of nitrogens with zero attached hydrogens (tertiary/aromatic N) is 1. The summed E-state index contributed by atoms with van der Waals surface area (Å²) in [7, 11) is 1.48. The predicted molar refractivity (Wildman–Crippen MR) is 81.8 cm³/mol. The summed E-state index contributed by atoms with van der Waals surface area (Å²) in [5.41, 5.74) is 0.950. The van der Waals surface area contributed by atoms with Gasteiger partial charge >= 0.3 is 0 Å². The maximum atomic E-state index is 13.6. The van der Waals surface area contributed by atoms with Gasteiger partial charge < -0.3 is 15.0 Å². The van der Waals surface area contributed by atoms with Crippen LogP contribution in [0.25, 0.3) is 0 Å². The number of ether oxygens (including phenoxy) is 1. The topological polar surface area (TPSA) is 24.5 Å². The fourth-order valence-corrected chi connectivity index (χ4v) is 2.23. The molecule has 0 heterocycles. The van der Waals surface area contributed by atoms with Crippen molar-refractivity contribution in [3.8, 4) is 5.75 Å². The molecule has 0 aliphatic rings. The third-order valence-corrected chi connectivity index (χ3v) is 3.67. The standard InChI is InChI=1S/C16H27FN2O/c1-5-19(6-2)11-7-10-18-13(3)14-8-9-16(20-4)15(17)12-14/h8-9,12-13,18H,5-7,10-11H2,1-4H3. The first-order chi connectivity index (χ1) is 9.62. The summed E-state index contributed by atoms with van der Waals surface area (Å²) in [6.45, 7) is 10.6. The van der Waals surface area contributed by atoms with Crippen LogP contribution in [-0.2, 0) is 0 Å². The molecule has 0 radical (unpaired) electrons. The number of hydrogen-bond donors (Lipinski definition) is 1. The second-order valence-electron chi connectivity index (χ2n) is 4.95. The van der Waals surface area contributed by atoms with Crippen molar-refractivity contribution in [1.82, 2.24) is 10.2 Å². The Labute approximate surface area is 122 Å². The molecule has 0 aliphatic carbocycles. The Morgan fingerprint density at radius 3 is 2.55 bits per heavy atom. The van der Waals surface area contributed by atoms with Gasteiger partial charge in [0.15, 0.2) is 11.6 Å². The summed E-state index contributed by atoms with van der Waals surface area (Å²) in [6, 6.07) is 5.27. The van der Waals surface area contributed by atoms with Crippen LogP contribution < -0.4 is 10.1 Å². The number of halogens is 1. The van der Waals surface area contributed by atoms with Gasteiger partial charge in [0.1, 0.15) is 0 Å². The second kappa shape index (κ2) is 8.93. The van der Waals surface area contributed by atoms with E-state index in [0.29, 0.717) is 5.75 Å². The van der Waals surface area contributed by atoms with Crippen LogP contribution in [0.3, 0.4) is 0 Å². The zero-order valence-corrected chi connectivity index (χ0v) is 13.1. The maximum Gasteiger partial charge on any atom is 0.165 e. The molecular formula is C16H27FN2O. The third-order valence-electron chi connectivity index (χ3n) is 3.67. The average molecular weight is 282 g/mol. The summed E-state index contributed by atoms with van der Waals surface area (Å²) in [4.78, 5) is 2.40. The third kappa shape index (κ3) is 5.10. The van der Waals surface area contributed by atoms with Crippen LogP contribution in [0.2, 0.25) is 0 Å². The Bertz CT molecular complexity index is 394. The predicted octanol–water partition coefficient (Wildman–Crippen LogP) is 3.22. The largest absolute Gasteiger partial charge is 0.494 e. The van der Waals surface area contributed by atoms with Gasteiger partial charge in [0.05, 0.1) is 7.11 Å². The number of methoxy groups -OCH3 is 1. The molecule has 114 valence electrons. The van der Waals surface area contributed by atoms with E-state index in [1.54, 1.807) is 12.1 Å². The van der Waals surface area contributed by atoms with Crippen LogP contribution in [0.1, 0.15) is 38.8 Å². The van der Waals surface area contributed by atoms with Gasteiger partial charge in [-0.05, 0) is 57.2 Å². The quantitative estimate of drug-likeness (QED) is 0.704. The summed E-state index contributed by atoms with van der Waals surface area (Å²) in [6.07, 6.45) is 1.10. The highest BCUT2D eigenvalue weighted by molar-refractivity contribution is 5.30. The van der Waals surface area contributed by atoms with E-state index in [2.05, 4.69) is 31.0 Å². The van der Waals surface area contributed by atoms with E-state index >= 15 is 0 Å². The summed E-state index contributed by atoms with van der Waals surface area (Å²) in [5.74, 6) is -0.00993. The lowest BCUT2D eigenvalue weighted by Crippen LogP contribution is -2.28. The van der Waals surface area contributed by atoms with Gasteiger partial charge in [-0.2, -0.15) is 0 Å². The summed E-state index contributed by atoms with van der Waals surface area (Å²) >= 11 is 0. The molecule has 0 fully saturated rings. The molecule has 3 nitrogen and oxygen atoms in total. The molecule has 20 heavy (non-hydrogen) atoms. The van der Waals surface area contributed by atoms with E-state index in [-0.39, 0.29) is 11.9 Å². The van der Waals surface area contributed by atoms with Gasteiger partial charge in [-0.1, -0.05) is 19.9 Å². The molecular weight excluding hydrogens is 255 g/mol. The maximum absolute atomic E-state index is 13.6. The lowest BCUT2D eigenvalue weighted by Gasteiger charge is -2.19. The molecule has 4 heteroatoms. The number of hydrogen-bond acceptors (Lipinski definition) is 3.